The number of rotatable bonds is 13. The summed E-state index contributed by atoms with van der Waals surface area (Å²) in [5, 5.41) is 12.8. The average Bonchev–Trinajstić information content (AvgIpc) is 3.80. The van der Waals surface area contributed by atoms with Crippen LogP contribution in [0.25, 0.3) is 11.1 Å². The van der Waals surface area contributed by atoms with Gasteiger partial charge in [-0.25, -0.2) is 0 Å². The summed E-state index contributed by atoms with van der Waals surface area (Å²) in [7, 11) is 5.01. The molecule has 0 aliphatic carbocycles. The van der Waals surface area contributed by atoms with Gasteiger partial charge in [-0.1, -0.05) is 24.3 Å². The van der Waals surface area contributed by atoms with Crippen molar-refractivity contribution in [2.75, 3.05) is 39.8 Å². The second kappa shape index (κ2) is 15.7. The van der Waals surface area contributed by atoms with Crippen molar-refractivity contribution in [1.29, 1.82) is 0 Å². The van der Waals surface area contributed by atoms with Gasteiger partial charge in [0.25, 0.3) is 11.8 Å². The molecule has 4 aliphatic rings. The highest BCUT2D eigenvalue weighted by molar-refractivity contribution is 6.06. The third kappa shape index (κ3) is 7.17. The van der Waals surface area contributed by atoms with E-state index in [4.69, 9.17) is 23.9 Å². The predicted octanol–water partition coefficient (Wildman–Crippen LogP) is 8.02. The van der Waals surface area contributed by atoms with Gasteiger partial charge in [-0.15, -0.1) is 0 Å². The van der Waals surface area contributed by atoms with Crippen LogP contribution in [0, 0.1) is 0 Å². The molecule has 4 heterocycles. The number of phenolic OH excluding ortho intramolecular Hbond substituents is 1. The molecule has 0 spiro atoms. The third-order valence-corrected chi connectivity index (χ3v) is 10.5. The predicted molar refractivity (Wildman–Crippen MR) is 216 cm³/mol. The van der Waals surface area contributed by atoms with E-state index in [1.165, 1.54) is 0 Å². The first-order valence-electron chi connectivity index (χ1n) is 18.8. The molecular weight excluding hydrogens is 711 g/mol. The molecule has 0 fully saturated rings. The molecule has 8 rings (SSSR count). The van der Waals surface area contributed by atoms with Gasteiger partial charge < -0.3 is 39.2 Å². The highest BCUT2D eigenvalue weighted by Gasteiger charge is 2.35. The Kier molecular flexibility index (Phi) is 10.2. The van der Waals surface area contributed by atoms with Crippen molar-refractivity contribution in [2.24, 2.45) is 9.98 Å². The van der Waals surface area contributed by atoms with E-state index in [2.05, 4.69) is 22.4 Å². The Morgan fingerprint density at radius 3 is 1.57 bits per heavy atom. The Morgan fingerprint density at radius 1 is 0.661 bits per heavy atom. The maximum absolute atomic E-state index is 13.7. The lowest BCUT2D eigenvalue weighted by Crippen LogP contribution is -2.32. The standard InChI is InChI=1S/C44H43N5O7/c1-45-31-11-7-27(8-12-31)29-17-32-23-46-37-21-41(39(53-2)19-35(37)43(51)48(32)25-29)55-15-5-4-6-16-56-42-22-38-36(20-40(42)54-3)44(52)49-26-30(18-33(49)24-47-38)28-9-13-34(50)14-10-28/h7-14,19-26,32-33,45,50H,4-6,15-18H2,1-3H3/t32?,33-/m0/s1. The van der Waals surface area contributed by atoms with Crippen LogP contribution in [-0.2, 0) is 0 Å². The normalized spacial score (nSPS) is 17.9. The van der Waals surface area contributed by atoms with Crippen LogP contribution in [0.2, 0.25) is 0 Å². The van der Waals surface area contributed by atoms with Gasteiger partial charge in [-0.2, -0.15) is 0 Å². The molecule has 1 unspecified atom stereocenters. The van der Waals surface area contributed by atoms with E-state index >= 15 is 0 Å². The molecule has 0 saturated heterocycles. The molecule has 286 valence electrons. The van der Waals surface area contributed by atoms with E-state index in [1.54, 1.807) is 66.6 Å². The molecule has 12 heteroatoms. The van der Waals surface area contributed by atoms with Gasteiger partial charge in [-0.3, -0.25) is 19.6 Å². The number of ether oxygens (including phenoxy) is 4. The molecule has 12 nitrogen and oxygen atoms in total. The maximum atomic E-state index is 13.7. The summed E-state index contributed by atoms with van der Waals surface area (Å²) < 4.78 is 23.6. The zero-order valence-electron chi connectivity index (χ0n) is 31.5. The van der Waals surface area contributed by atoms with Crippen LogP contribution in [0.5, 0.6) is 28.7 Å². The summed E-state index contributed by atoms with van der Waals surface area (Å²) in [6.45, 7) is 0.883. The zero-order valence-corrected chi connectivity index (χ0v) is 31.5. The number of carbonyl (C=O) groups excluding carboxylic acids is 2. The first-order valence-corrected chi connectivity index (χ1v) is 18.8. The first-order chi connectivity index (χ1) is 27.3. The van der Waals surface area contributed by atoms with E-state index in [-0.39, 0.29) is 29.6 Å². The molecule has 0 bridgehead atoms. The Labute approximate surface area is 325 Å². The number of nitrogens with one attached hydrogen (secondary N) is 1. The van der Waals surface area contributed by atoms with Crippen molar-refractivity contribution in [2.45, 2.75) is 44.2 Å². The lowest BCUT2D eigenvalue weighted by Gasteiger charge is -2.19. The first kappa shape index (κ1) is 36.4. The Hall–Kier alpha value is -6.56. The van der Waals surface area contributed by atoms with E-state index in [0.29, 0.717) is 71.6 Å². The van der Waals surface area contributed by atoms with Crippen LogP contribution < -0.4 is 24.3 Å². The number of hydrogen-bond acceptors (Lipinski definition) is 10. The van der Waals surface area contributed by atoms with Crippen LogP contribution in [-0.4, -0.2) is 85.7 Å². The van der Waals surface area contributed by atoms with E-state index < -0.39 is 0 Å². The second-order valence-corrected chi connectivity index (χ2v) is 14.0. The Balaban J connectivity index is 0.849. The number of phenols is 1. The largest absolute Gasteiger partial charge is 0.508 e. The number of aromatic hydroxyl groups is 1. The number of methoxy groups -OCH3 is 2. The molecular formula is C44H43N5O7. The number of unbranched alkanes of at least 4 members (excludes halogenated alkanes) is 2. The quantitative estimate of drug-likeness (QED) is 0.131. The Bertz CT molecular complexity index is 2280. The fraction of sp³-hybridized carbons (Fsp3) is 0.273. The summed E-state index contributed by atoms with van der Waals surface area (Å²) in [4.78, 5) is 40.2. The van der Waals surface area contributed by atoms with Crippen LogP contribution in [0.4, 0.5) is 17.1 Å². The zero-order chi connectivity index (χ0) is 38.8. The molecule has 4 aromatic carbocycles. The van der Waals surface area contributed by atoms with Gasteiger partial charge in [0.15, 0.2) is 23.0 Å². The molecule has 0 radical (unpaired) electrons. The molecule has 2 atom stereocenters. The second-order valence-electron chi connectivity index (χ2n) is 14.0. The lowest BCUT2D eigenvalue weighted by atomic mass is 10.0. The van der Waals surface area contributed by atoms with E-state index in [9.17, 15) is 14.7 Å². The van der Waals surface area contributed by atoms with Gasteiger partial charge >= 0.3 is 0 Å². The SMILES string of the molecule is CNc1ccc(C2=CN3C(=O)c4cc(OC)c(OCCCCCOc5cc6c(cc5OC)C(=O)N5C=C(c7ccc(O)cc7)C[C@H]5C=N6)cc4N=CC3C2)cc1. The van der Waals surface area contributed by atoms with Crippen molar-refractivity contribution < 1.29 is 33.6 Å². The van der Waals surface area contributed by atoms with Crippen molar-refractivity contribution >= 4 is 52.5 Å². The van der Waals surface area contributed by atoms with Crippen molar-refractivity contribution in [3.05, 3.63) is 107 Å². The molecule has 4 aliphatic heterocycles. The molecule has 4 aromatic rings. The number of aliphatic imine (C=N–C) groups is 2. The smallest absolute Gasteiger partial charge is 0.260 e. The summed E-state index contributed by atoms with van der Waals surface area (Å²) in [6.07, 6.45) is 11.1. The van der Waals surface area contributed by atoms with Crippen molar-refractivity contribution in [1.82, 2.24) is 9.80 Å². The highest BCUT2D eigenvalue weighted by Crippen LogP contribution is 2.42. The highest BCUT2D eigenvalue weighted by atomic mass is 16.5. The minimum atomic E-state index is -0.214. The summed E-state index contributed by atoms with van der Waals surface area (Å²) in [6, 6.07) is 21.7. The summed E-state index contributed by atoms with van der Waals surface area (Å²) in [5.74, 6) is 1.90. The number of nitrogens with zero attached hydrogens (tertiary/aromatic N) is 4. The van der Waals surface area contributed by atoms with E-state index in [1.807, 2.05) is 49.9 Å². The minimum Gasteiger partial charge on any atom is -0.508 e. The van der Waals surface area contributed by atoms with Crippen LogP contribution in [0.3, 0.4) is 0 Å². The average molecular weight is 754 g/mol. The van der Waals surface area contributed by atoms with Crippen molar-refractivity contribution in [3.63, 3.8) is 0 Å². The maximum Gasteiger partial charge on any atom is 0.260 e. The van der Waals surface area contributed by atoms with Crippen LogP contribution in [0.15, 0.2) is 95.2 Å². The molecule has 56 heavy (non-hydrogen) atoms. The molecule has 0 aromatic heterocycles. The topological polar surface area (TPSA) is 135 Å². The summed E-state index contributed by atoms with van der Waals surface area (Å²) >= 11 is 0. The number of benzene rings is 4. The number of carbonyl (C=O) groups is 2. The van der Waals surface area contributed by atoms with Crippen LogP contribution >= 0.6 is 0 Å². The fourth-order valence-corrected chi connectivity index (χ4v) is 7.41. The fourth-order valence-electron chi connectivity index (χ4n) is 7.41. The van der Waals surface area contributed by atoms with Crippen LogP contribution in [0.1, 0.15) is 63.9 Å². The van der Waals surface area contributed by atoms with Gasteiger partial charge in [0.2, 0.25) is 0 Å². The Morgan fingerprint density at radius 2 is 1.12 bits per heavy atom. The number of amides is 2. The van der Waals surface area contributed by atoms with Crippen molar-refractivity contribution in [3.8, 4) is 28.7 Å². The monoisotopic (exact) mass is 753 g/mol. The van der Waals surface area contributed by atoms with Gasteiger partial charge in [0, 0.05) is 62.5 Å². The molecule has 0 saturated carbocycles. The molecule has 2 amide bonds. The number of fused-ring (bicyclic) bond motifs is 4. The number of hydrogen-bond donors (Lipinski definition) is 2. The van der Waals surface area contributed by atoms with E-state index in [0.717, 1.165) is 47.2 Å². The molecule has 2 N–H and O–H groups in total. The lowest BCUT2D eigenvalue weighted by molar-refractivity contribution is 0.0809. The van der Waals surface area contributed by atoms with Gasteiger partial charge in [0.1, 0.15) is 5.75 Å². The summed E-state index contributed by atoms with van der Waals surface area (Å²) in [5.41, 5.74) is 7.14. The van der Waals surface area contributed by atoms with Gasteiger partial charge in [-0.05, 0) is 77.9 Å². The van der Waals surface area contributed by atoms with Gasteiger partial charge in [0.05, 0.1) is 62.0 Å². The number of anilines is 1. The minimum absolute atomic E-state index is 0.128. The third-order valence-electron chi connectivity index (χ3n) is 10.5.